The van der Waals surface area contributed by atoms with Crippen molar-refractivity contribution in [1.29, 1.82) is 0 Å². The molecule has 2 atom stereocenters. The number of anilines is 1. The number of benzene rings is 1. The summed E-state index contributed by atoms with van der Waals surface area (Å²) in [5.74, 6) is -0.695. The van der Waals surface area contributed by atoms with Gasteiger partial charge in [-0.25, -0.2) is 4.68 Å². The number of aryl methyl sites for hydroxylation is 2. The predicted octanol–water partition coefficient (Wildman–Crippen LogP) is 4.93. The maximum Gasteiger partial charge on any atom is 0.410 e. The van der Waals surface area contributed by atoms with Gasteiger partial charge in [0.2, 0.25) is 0 Å². The number of rotatable bonds is 4. The molecule has 1 amide bonds. The van der Waals surface area contributed by atoms with Gasteiger partial charge in [-0.3, -0.25) is 9.48 Å². The number of hydrogen-bond donors (Lipinski definition) is 2. The highest BCUT2D eigenvalue weighted by atomic mass is 79.9. The first-order valence-corrected chi connectivity index (χ1v) is 10.9. The molecule has 32 heavy (non-hydrogen) atoms. The van der Waals surface area contributed by atoms with E-state index in [2.05, 4.69) is 36.8 Å². The Morgan fingerprint density at radius 3 is 2.59 bits per heavy atom. The standard InChI is InChI=1S/C20H19BrClF3N6O/c1-10-12(9-30(2)28-10)8-26-19(32)17-16(22)18-27-14(11-3-5-13(21)6-4-11)7-15(20(23,24)25)31(18)29-17/h3-6,9,14-15,27H,7-8H2,1-2H3,(H,26,32)/t14-,15-/m1/s1. The van der Waals surface area contributed by atoms with Gasteiger partial charge in [0.25, 0.3) is 5.91 Å². The molecule has 2 aromatic heterocycles. The Morgan fingerprint density at radius 1 is 1.31 bits per heavy atom. The van der Waals surface area contributed by atoms with Crippen LogP contribution in [0.25, 0.3) is 0 Å². The smallest absolute Gasteiger partial charge is 0.362 e. The highest BCUT2D eigenvalue weighted by Crippen LogP contribution is 2.46. The number of halogens is 5. The van der Waals surface area contributed by atoms with Crippen molar-refractivity contribution in [3.63, 3.8) is 0 Å². The molecule has 3 heterocycles. The van der Waals surface area contributed by atoms with Gasteiger partial charge in [0.05, 0.1) is 11.7 Å². The van der Waals surface area contributed by atoms with E-state index in [1.54, 1.807) is 49.1 Å². The van der Waals surface area contributed by atoms with Crippen molar-refractivity contribution in [3.8, 4) is 0 Å². The summed E-state index contributed by atoms with van der Waals surface area (Å²) >= 11 is 9.67. The highest BCUT2D eigenvalue weighted by Gasteiger charge is 2.47. The average molecular weight is 532 g/mol. The van der Waals surface area contributed by atoms with Gasteiger partial charge in [-0.05, 0) is 24.6 Å². The molecule has 0 spiro atoms. The van der Waals surface area contributed by atoms with Crippen LogP contribution in [-0.2, 0) is 13.6 Å². The van der Waals surface area contributed by atoms with E-state index in [1.165, 1.54) is 0 Å². The van der Waals surface area contributed by atoms with Gasteiger partial charge in [-0.2, -0.15) is 23.4 Å². The number of carbonyl (C=O) groups excluding carboxylic acids is 1. The van der Waals surface area contributed by atoms with E-state index in [1.807, 2.05) is 0 Å². The second-order valence-corrected chi connectivity index (χ2v) is 8.89. The Labute approximate surface area is 195 Å². The number of amides is 1. The van der Waals surface area contributed by atoms with Crippen molar-refractivity contribution in [2.45, 2.75) is 38.1 Å². The largest absolute Gasteiger partial charge is 0.410 e. The zero-order valence-corrected chi connectivity index (χ0v) is 19.4. The van der Waals surface area contributed by atoms with Gasteiger partial charge in [-0.1, -0.05) is 39.7 Å². The molecular weight excluding hydrogens is 513 g/mol. The molecule has 1 aliphatic heterocycles. The van der Waals surface area contributed by atoms with E-state index in [9.17, 15) is 18.0 Å². The Hall–Kier alpha value is -2.53. The quantitative estimate of drug-likeness (QED) is 0.501. The van der Waals surface area contributed by atoms with Crippen molar-refractivity contribution in [1.82, 2.24) is 24.9 Å². The highest BCUT2D eigenvalue weighted by molar-refractivity contribution is 9.10. The zero-order valence-electron chi connectivity index (χ0n) is 17.0. The summed E-state index contributed by atoms with van der Waals surface area (Å²) in [6, 6.07) is 4.41. The number of hydrogen-bond acceptors (Lipinski definition) is 4. The number of nitrogens with zero attached hydrogens (tertiary/aromatic N) is 4. The van der Waals surface area contributed by atoms with E-state index >= 15 is 0 Å². The van der Waals surface area contributed by atoms with Gasteiger partial charge in [-0.15, -0.1) is 0 Å². The Balaban J connectivity index is 1.63. The molecule has 0 unspecified atom stereocenters. The topological polar surface area (TPSA) is 76.8 Å². The second-order valence-electron chi connectivity index (χ2n) is 7.59. The maximum absolute atomic E-state index is 13.9. The van der Waals surface area contributed by atoms with Gasteiger partial charge < -0.3 is 10.6 Å². The van der Waals surface area contributed by atoms with Crippen LogP contribution >= 0.6 is 27.5 Å². The van der Waals surface area contributed by atoms with Crippen molar-refractivity contribution < 1.29 is 18.0 Å². The molecule has 0 fully saturated rings. The van der Waals surface area contributed by atoms with Gasteiger partial charge >= 0.3 is 6.18 Å². The average Bonchev–Trinajstić information content (AvgIpc) is 3.23. The molecule has 0 bridgehead atoms. The molecule has 0 radical (unpaired) electrons. The molecule has 0 saturated carbocycles. The van der Waals surface area contributed by atoms with Crippen LogP contribution in [0.1, 0.15) is 45.8 Å². The van der Waals surface area contributed by atoms with E-state index in [0.29, 0.717) is 5.56 Å². The molecular formula is C20H19BrClF3N6O. The molecule has 0 saturated heterocycles. The fraction of sp³-hybridized carbons (Fsp3) is 0.350. The summed E-state index contributed by atoms with van der Waals surface area (Å²) in [6.07, 6.45) is -3.11. The van der Waals surface area contributed by atoms with Crippen LogP contribution in [0.2, 0.25) is 5.02 Å². The van der Waals surface area contributed by atoms with E-state index in [4.69, 9.17) is 11.6 Å². The van der Waals surface area contributed by atoms with E-state index in [-0.39, 0.29) is 29.5 Å². The molecule has 170 valence electrons. The van der Waals surface area contributed by atoms with Crippen molar-refractivity contribution in [2.75, 3.05) is 5.32 Å². The number of aromatic nitrogens is 4. The van der Waals surface area contributed by atoms with Crippen molar-refractivity contribution in [2.24, 2.45) is 7.05 Å². The summed E-state index contributed by atoms with van der Waals surface area (Å²) in [5.41, 5.74) is 1.92. The molecule has 0 aliphatic carbocycles. The minimum atomic E-state index is -4.57. The third-order valence-corrected chi connectivity index (χ3v) is 6.22. The number of nitrogens with one attached hydrogen (secondary N) is 2. The Morgan fingerprint density at radius 2 is 2.00 bits per heavy atom. The first-order chi connectivity index (χ1) is 15.0. The fourth-order valence-electron chi connectivity index (χ4n) is 3.73. The SMILES string of the molecule is Cc1nn(C)cc1CNC(=O)c1nn2c(c1Cl)N[C@@H](c1ccc(Br)cc1)C[C@@H]2C(F)(F)F. The monoisotopic (exact) mass is 530 g/mol. The second kappa shape index (κ2) is 8.43. The van der Waals surface area contributed by atoms with Crippen LogP contribution < -0.4 is 10.6 Å². The fourth-order valence-corrected chi connectivity index (χ4v) is 4.26. The molecule has 1 aromatic carbocycles. The lowest BCUT2D eigenvalue weighted by atomic mass is 9.97. The third kappa shape index (κ3) is 4.36. The minimum Gasteiger partial charge on any atom is -0.362 e. The molecule has 12 heteroatoms. The lowest BCUT2D eigenvalue weighted by molar-refractivity contribution is -0.173. The molecule has 7 nitrogen and oxygen atoms in total. The molecule has 4 rings (SSSR count). The first kappa shape index (κ1) is 22.7. The molecule has 1 aliphatic rings. The van der Waals surface area contributed by atoms with Crippen molar-refractivity contribution >= 4 is 39.3 Å². The maximum atomic E-state index is 13.9. The summed E-state index contributed by atoms with van der Waals surface area (Å²) in [4.78, 5) is 12.7. The van der Waals surface area contributed by atoms with Crippen molar-refractivity contribution in [3.05, 3.63) is 62.5 Å². The van der Waals surface area contributed by atoms with E-state index < -0.39 is 24.2 Å². The van der Waals surface area contributed by atoms with Crippen LogP contribution in [0, 0.1) is 6.92 Å². The van der Waals surface area contributed by atoms with Crippen LogP contribution in [0.5, 0.6) is 0 Å². The van der Waals surface area contributed by atoms with Gasteiger partial charge in [0, 0.05) is 36.2 Å². The van der Waals surface area contributed by atoms with Gasteiger partial charge in [0.1, 0.15) is 10.8 Å². The lowest BCUT2D eigenvalue weighted by Gasteiger charge is -2.33. The van der Waals surface area contributed by atoms with Crippen LogP contribution in [0.3, 0.4) is 0 Å². The van der Waals surface area contributed by atoms with E-state index in [0.717, 1.165) is 20.4 Å². The number of carbonyl (C=O) groups is 1. The minimum absolute atomic E-state index is 0.0316. The van der Waals surface area contributed by atoms with Crippen LogP contribution in [-0.4, -0.2) is 31.6 Å². The first-order valence-electron chi connectivity index (χ1n) is 9.68. The van der Waals surface area contributed by atoms with Gasteiger partial charge in [0.15, 0.2) is 11.7 Å². The normalized spacial score (nSPS) is 18.2. The molecule has 3 aromatic rings. The predicted molar refractivity (Wildman–Crippen MR) is 117 cm³/mol. The summed E-state index contributed by atoms with van der Waals surface area (Å²) in [5, 5.41) is 13.7. The Kier molecular flexibility index (Phi) is 5.97. The number of fused-ring (bicyclic) bond motifs is 1. The molecule has 2 N–H and O–H groups in total. The summed E-state index contributed by atoms with van der Waals surface area (Å²) in [7, 11) is 1.75. The third-order valence-electron chi connectivity index (χ3n) is 5.34. The Bertz CT molecular complexity index is 1160. The van der Waals surface area contributed by atoms with Crippen LogP contribution in [0.4, 0.5) is 19.0 Å². The zero-order chi connectivity index (χ0) is 23.2. The number of alkyl halides is 3. The van der Waals surface area contributed by atoms with Crippen LogP contribution in [0.15, 0.2) is 34.9 Å². The summed E-state index contributed by atoms with van der Waals surface area (Å²) < 4.78 is 44.8. The lowest BCUT2D eigenvalue weighted by Crippen LogP contribution is -2.35. The summed E-state index contributed by atoms with van der Waals surface area (Å²) in [6.45, 7) is 1.94.